The largest absolute Gasteiger partial charge is 0.416 e. The van der Waals surface area contributed by atoms with E-state index in [4.69, 9.17) is 0 Å². The topological polar surface area (TPSA) is 45.2 Å². The van der Waals surface area contributed by atoms with E-state index >= 15 is 0 Å². The maximum Gasteiger partial charge on any atom is 0.416 e. The molecule has 4 nitrogen and oxygen atoms in total. The van der Waals surface area contributed by atoms with Crippen LogP contribution in [0.15, 0.2) is 29.8 Å². The molecule has 2 aromatic rings. The van der Waals surface area contributed by atoms with E-state index in [2.05, 4.69) is 15.2 Å². The monoisotopic (exact) mass is 383 g/mol. The number of likely N-dealkylation sites (tertiary alicyclic amines) is 1. The molecule has 1 saturated heterocycles. The van der Waals surface area contributed by atoms with Crippen molar-refractivity contribution in [1.29, 1.82) is 0 Å². The van der Waals surface area contributed by atoms with Crippen LogP contribution in [0.5, 0.6) is 0 Å². The number of hydrogen-bond acceptors (Lipinski definition) is 4. The minimum absolute atomic E-state index is 0.0776. The van der Waals surface area contributed by atoms with E-state index in [-0.39, 0.29) is 11.9 Å². The smallest absolute Gasteiger partial charge is 0.348 e. The van der Waals surface area contributed by atoms with Crippen molar-refractivity contribution in [2.24, 2.45) is 0 Å². The summed E-state index contributed by atoms with van der Waals surface area (Å²) in [6.45, 7) is 4.03. The Hall–Kier alpha value is -1.93. The molecule has 8 heteroatoms. The lowest BCUT2D eigenvalue weighted by molar-refractivity contribution is -0.137. The van der Waals surface area contributed by atoms with Gasteiger partial charge in [-0.25, -0.2) is 4.98 Å². The number of aromatic nitrogens is 1. The van der Waals surface area contributed by atoms with Crippen molar-refractivity contribution < 1.29 is 18.0 Å². The van der Waals surface area contributed by atoms with E-state index in [0.717, 1.165) is 49.3 Å². The molecule has 0 aliphatic carbocycles. The summed E-state index contributed by atoms with van der Waals surface area (Å²) < 4.78 is 37.8. The Morgan fingerprint density at radius 1 is 1.27 bits per heavy atom. The molecule has 1 aromatic carbocycles. The van der Waals surface area contributed by atoms with Crippen LogP contribution in [0.3, 0.4) is 0 Å². The molecule has 140 valence electrons. The molecule has 0 radical (unpaired) electrons. The third kappa shape index (κ3) is 4.62. The molecule has 26 heavy (non-hydrogen) atoms. The molecule has 1 N–H and O–H groups in total. The second-order valence-corrected chi connectivity index (χ2v) is 7.34. The number of halogens is 3. The first-order valence-corrected chi connectivity index (χ1v) is 9.30. The summed E-state index contributed by atoms with van der Waals surface area (Å²) >= 11 is 1.34. The summed E-state index contributed by atoms with van der Waals surface area (Å²) in [6, 6.07) is 5.43. The number of nitrogens with zero attached hydrogens (tertiary/aromatic N) is 2. The van der Waals surface area contributed by atoms with Crippen molar-refractivity contribution in [3.8, 4) is 0 Å². The molecule has 1 aromatic heterocycles. The molecule has 0 unspecified atom stereocenters. The van der Waals surface area contributed by atoms with Crippen molar-refractivity contribution in [2.75, 3.05) is 13.1 Å². The molecular formula is C18H20F3N3OS. The number of carbonyl (C=O) groups is 1. The quantitative estimate of drug-likeness (QED) is 0.872. The van der Waals surface area contributed by atoms with Crippen LogP contribution in [0.1, 0.15) is 39.3 Å². The average Bonchev–Trinajstić information content (AvgIpc) is 3.02. The molecule has 0 saturated carbocycles. The SMILES string of the molecule is Cc1ncsc1C(=O)NC1CCN(Cc2ccc(C(F)(F)F)cc2)CC1. The number of benzene rings is 1. The predicted octanol–water partition coefficient (Wildman–Crippen LogP) is 3.86. The number of rotatable bonds is 4. The molecule has 2 heterocycles. The Labute approximate surface area is 154 Å². The van der Waals surface area contributed by atoms with Crippen LogP contribution in [0.25, 0.3) is 0 Å². The Balaban J connectivity index is 1.48. The highest BCUT2D eigenvalue weighted by Crippen LogP contribution is 2.29. The van der Waals surface area contributed by atoms with Crippen molar-refractivity contribution >= 4 is 17.2 Å². The van der Waals surface area contributed by atoms with Crippen molar-refractivity contribution in [3.63, 3.8) is 0 Å². The van der Waals surface area contributed by atoms with Gasteiger partial charge in [0.2, 0.25) is 0 Å². The number of aryl methyl sites for hydroxylation is 1. The second kappa shape index (κ2) is 7.75. The highest BCUT2D eigenvalue weighted by Gasteiger charge is 2.30. The van der Waals surface area contributed by atoms with Gasteiger partial charge in [0.1, 0.15) is 4.88 Å². The molecule has 3 rings (SSSR count). The van der Waals surface area contributed by atoms with E-state index < -0.39 is 11.7 Å². The maximum atomic E-state index is 12.6. The van der Waals surface area contributed by atoms with Gasteiger partial charge in [-0.1, -0.05) is 12.1 Å². The molecule has 1 aliphatic rings. The van der Waals surface area contributed by atoms with E-state index in [0.29, 0.717) is 11.4 Å². The number of hydrogen-bond donors (Lipinski definition) is 1. The minimum atomic E-state index is -4.30. The lowest BCUT2D eigenvalue weighted by Gasteiger charge is -2.32. The zero-order valence-corrected chi connectivity index (χ0v) is 15.2. The average molecular weight is 383 g/mol. The molecule has 0 bridgehead atoms. The van der Waals surface area contributed by atoms with E-state index in [9.17, 15) is 18.0 Å². The first-order chi connectivity index (χ1) is 12.3. The Kier molecular flexibility index (Phi) is 5.62. The molecule has 0 spiro atoms. The third-order valence-corrected chi connectivity index (χ3v) is 5.49. The summed E-state index contributed by atoms with van der Waals surface area (Å²) in [5.74, 6) is -0.0776. The molecule has 1 amide bonds. The summed E-state index contributed by atoms with van der Waals surface area (Å²) in [7, 11) is 0. The van der Waals surface area contributed by atoms with Gasteiger partial charge in [-0.15, -0.1) is 11.3 Å². The fourth-order valence-electron chi connectivity index (χ4n) is 3.06. The van der Waals surface area contributed by atoms with Gasteiger partial charge in [0.25, 0.3) is 5.91 Å². The number of piperidine rings is 1. The molecular weight excluding hydrogens is 363 g/mol. The van der Waals surface area contributed by atoms with Gasteiger partial charge in [-0.05, 0) is 37.5 Å². The number of thiazole rings is 1. The Bertz CT molecular complexity index is 750. The second-order valence-electron chi connectivity index (χ2n) is 6.49. The lowest BCUT2D eigenvalue weighted by Crippen LogP contribution is -2.44. The van der Waals surface area contributed by atoms with E-state index in [1.807, 2.05) is 6.92 Å². The Morgan fingerprint density at radius 3 is 2.46 bits per heavy atom. The van der Waals surface area contributed by atoms with Crippen LogP contribution in [-0.4, -0.2) is 34.9 Å². The van der Waals surface area contributed by atoms with E-state index in [1.54, 1.807) is 5.51 Å². The van der Waals surface area contributed by atoms with Crippen molar-refractivity contribution in [2.45, 2.75) is 38.5 Å². The third-order valence-electron chi connectivity index (χ3n) is 4.56. The zero-order chi connectivity index (χ0) is 18.7. The first-order valence-electron chi connectivity index (χ1n) is 8.42. The highest BCUT2D eigenvalue weighted by molar-refractivity contribution is 7.11. The number of amides is 1. The normalized spacial score (nSPS) is 16.6. The molecule has 1 aliphatic heterocycles. The first kappa shape index (κ1) is 18.8. The predicted molar refractivity (Wildman–Crippen MR) is 94.1 cm³/mol. The zero-order valence-electron chi connectivity index (χ0n) is 14.3. The standard InChI is InChI=1S/C18H20F3N3OS/c1-12-16(26-11-22-12)17(25)23-15-6-8-24(9-7-15)10-13-2-4-14(5-3-13)18(19,20)21/h2-5,11,15H,6-10H2,1H3,(H,23,25). The Morgan fingerprint density at radius 2 is 1.92 bits per heavy atom. The summed E-state index contributed by atoms with van der Waals surface area (Å²) in [6.07, 6.45) is -2.65. The van der Waals surface area contributed by atoms with E-state index in [1.165, 1.54) is 23.5 Å². The van der Waals surface area contributed by atoms with Crippen LogP contribution >= 0.6 is 11.3 Å². The summed E-state index contributed by atoms with van der Waals surface area (Å²) in [4.78, 5) is 19.2. The van der Waals surface area contributed by atoms with Crippen molar-refractivity contribution in [1.82, 2.24) is 15.2 Å². The summed E-state index contributed by atoms with van der Waals surface area (Å²) in [5, 5.41) is 3.05. The van der Waals surface area contributed by atoms with Crippen LogP contribution in [-0.2, 0) is 12.7 Å². The number of carbonyl (C=O) groups excluding carboxylic acids is 1. The number of nitrogens with one attached hydrogen (secondary N) is 1. The van der Waals surface area contributed by atoms with Gasteiger partial charge in [0, 0.05) is 25.7 Å². The minimum Gasteiger partial charge on any atom is -0.348 e. The highest BCUT2D eigenvalue weighted by atomic mass is 32.1. The van der Waals surface area contributed by atoms with Gasteiger partial charge in [-0.3, -0.25) is 9.69 Å². The fraction of sp³-hybridized carbons (Fsp3) is 0.444. The number of alkyl halides is 3. The van der Waals surface area contributed by atoms with Gasteiger partial charge in [0.05, 0.1) is 16.8 Å². The molecule has 0 atom stereocenters. The fourth-order valence-corrected chi connectivity index (χ4v) is 3.77. The summed E-state index contributed by atoms with van der Waals surface area (Å²) in [5.41, 5.74) is 2.64. The lowest BCUT2D eigenvalue weighted by atomic mass is 10.0. The van der Waals surface area contributed by atoms with Crippen LogP contribution in [0.4, 0.5) is 13.2 Å². The maximum absolute atomic E-state index is 12.6. The van der Waals surface area contributed by atoms with Gasteiger partial charge < -0.3 is 5.32 Å². The van der Waals surface area contributed by atoms with Crippen LogP contribution in [0, 0.1) is 6.92 Å². The molecule has 1 fully saturated rings. The van der Waals surface area contributed by atoms with Gasteiger partial charge in [-0.2, -0.15) is 13.2 Å². The van der Waals surface area contributed by atoms with Crippen LogP contribution < -0.4 is 5.32 Å². The van der Waals surface area contributed by atoms with Crippen LogP contribution in [0.2, 0.25) is 0 Å². The van der Waals surface area contributed by atoms with Gasteiger partial charge >= 0.3 is 6.18 Å². The van der Waals surface area contributed by atoms with Gasteiger partial charge in [0.15, 0.2) is 0 Å². The van der Waals surface area contributed by atoms with Crippen molar-refractivity contribution in [3.05, 3.63) is 51.5 Å².